The third-order valence-electron chi connectivity index (χ3n) is 3.28. The van der Waals surface area contributed by atoms with E-state index in [-0.39, 0.29) is 11.8 Å². The molecule has 1 heterocycles. The lowest BCUT2D eigenvalue weighted by Crippen LogP contribution is -2.22. The number of ether oxygens (including phenoxy) is 1. The number of hydrogen-bond donors (Lipinski definition) is 2. The molecule has 4 heteroatoms. The van der Waals surface area contributed by atoms with Crippen LogP contribution in [0.2, 0.25) is 0 Å². The molecule has 1 aromatic rings. The third-order valence-corrected chi connectivity index (χ3v) is 3.28. The van der Waals surface area contributed by atoms with Gasteiger partial charge in [0.2, 0.25) is 5.91 Å². The van der Waals surface area contributed by atoms with Gasteiger partial charge >= 0.3 is 0 Å². The summed E-state index contributed by atoms with van der Waals surface area (Å²) in [5.74, 6) is 0.0697. The van der Waals surface area contributed by atoms with E-state index >= 15 is 0 Å². The summed E-state index contributed by atoms with van der Waals surface area (Å²) in [6, 6.07) is 8.00. The molecule has 0 spiro atoms. The van der Waals surface area contributed by atoms with Crippen molar-refractivity contribution < 1.29 is 9.53 Å². The van der Waals surface area contributed by atoms with E-state index in [1.54, 1.807) is 0 Å². The average Bonchev–Trinajstić information content (AvgIpc) is 2.95. The van der Waals surface area contributed by atoms with Crippen molar-refractivity contribution in [1.29, 1.82) is 0 Å². The van der Waals surface area contributed by atoms with E-state index in [1.807, 2.05) is 24.3 Å². The predicted molar refractivity (Wildman–Crippen MR) is 76.0 cm³/mol. The number of benzene rings is 1. The summed E-state index contributed by atoms with van der Waals surface area (Å²) in [6.07, 6.45) is 1.96. The van der Waals surface area contributed by atoms with Crippen LogP contribution in [0.5, 0.6) is 0 Å². The van der Waals surface area contributed by atoms with Crippen LogP contribution in [-0.4, -0.2) is 25.7 Å². The van der Waals surface area contributed by atoms with Crippen LogP contribution in [-0.2, 0) is 16.1 Å². The fourth-order valence-electron chi connectivity index (χ4n) is 2.10. The molecule has 1 fully saturated rings. The number of carbonyl (C=O) groups is 1. The molecule has 1 unspecified atom stereocenters. The Morgan fingerprint density at radius 1 is 1.37 bits per heavy atom. The van der Waals surface area contributed by atoms with Crippen molar-refractivity contribution in [2.24, 2.45) is 5.92 Å². The predicted octanol–water partition coefficient (Wildman–Crippen LogP) is 2.16. The highest BCUT2D eigenvalue weighted by atomic mass is 16.5. The van der Waals surface area contributed by atoms with Gasteiger partial charge in [0, 0.05) is 18.8 Å². The molecule has 19 heavy (non-hydrogen) atoms. The second-order valence-corrected chi connectivity index (χ2v) is 4.92. The maximum absolute atomic E-state index is 11.9. The van der Waals surface area contributed by atoms with Crippen LogP contribution in [0.25, 0.3) is 0 Å². The Morgan fingerprint density at radius 2 is 2.16 bits per heavy atom. The van der Waals surface area contributed by atoms with Gasteiger partial charge in [0.1, 0.15) is 0 Å². The molecular formula is C15H22N2O2. The molecule has 1 aromatic carbocycles. The Balaban J connectivity index is 1.82. The molecule has 0 saturated carbocycles. The standard InChI is InChI=1S/C15H22N2O2/c1-2-8-16-10-12-3-5-14(6-4-12)17-15(18)13-7-9-19-11-13/h3-6,13,16H,2,7-11H2,1H3,(H,17,18). The SMILES string of the molecule is CCCNCc1ccc(NC(=O)C2CCOC2)cc1. The van der Waals surface area contributed by atoms with Crippen molar-refractivity contribution in [1.82, 2.24) is 5.32 Å². The van der Waals surface area contributed by atoms with Crippen molar-refractivity contribution in [3.8, 4) is 0 Å². The van der Waals surface area contributed by atoms with Gasteiger partial charge in [-0.2, -0.15) is 0 Å². The van der Waals surface area contributed by atoms with Crippen molar-refractivity contribution in [2.75, 3.05) is 25.1 Å². The molecule has 0 bridgehead atoms. The Labute approximate surface area is 114 Å². The number of hydrogen-bond acceptors (Lipinski definition) is 3. The average molecular weight is 262 g/mol. The highest BCUT2D eigenvalue weighted by molar-refractivity contribution is 5.92. The Bertz CT molecular complexity index is 397. The van der Waals surface area contributed by atoms with Crippen LogP contribution in [0.1, 0.15) is 25.3 Å². The van der Waals surface area contributed by atoms with Crippen molar-refractivity contribution in [3.63, 3.8) is 0 Å². The molecule has 104 valence electrons. The van der Waals surface area contributed by atoms with Gasteiger partial charge in [-0.1, -0.05) is 19.1 Å². The minimum atomic E-state index is 0.00546. The lowest BCUT2D eigenvalue weighted by atomic mass is 10.1. The summed E-state index contributed by atoms with van der Waals surface area (Å²) in [7, 11) is 0. The number of anilines is 1. The van der Waals surface area contributed by atoms with Gasteiger partial charge < -0.3 is 15.4 Å². The molecule has 4 nitrogen and oxygen atoms in total. The zero-order valence-electron chi connectivity index (χ0n) is 11.4. The van der Waals surface area contributed by atoms with E-state index in [4.69, 9.17) is 4.74 Å². The first-order chi connectivity index (χ1) is 9.29. The van der Waals surface area contributed by atoms with E-state index in [0.29, 0.717) is 13.2 Å². The summed E-state index contributed by atoms with van der Waals surface area (Å²) in [5, 5.41) is 6.29. The number of rotatable bonds is 6. The second kappa shape index (κ2) is 7.26. The largest absolute Gasteiger partial charge is 0.381 e. The fraction of sp³-hybridized carbons (Fsp3) is 0.533. The molecule has 1 amide bonds. The van der Waals surface area contributed by atoms with Crippen LogP contribution < -0.4 is 10.6 Å². The zero-order chi connectivity index (χ0) is 13.5. The van der Waals surface area contributed by atoms with Gasteiger partial charge in [0.05, 0.1) is 12.5 Å². The van der Waals surface area contributed by atoms with Gasteiger partial charge in [-0.05, 0) is 37.1 Å². The van der Waals surface area contributed by atoms with Gasteiger partial charge in [0.15, 0.2) is 0 Å². The zero-order valence-corrected chi connectivity index (χ0v) is 11.4. The summed E-state index contributed by atoms with van der Waals surface area (Å²) < 4.78 is 5.22. The van der Waals surface area contributed by atoms with Gasteiger partial charge in [-0.25, -0.2) is 0 Å². The highest BCUT2D eigenvalue weighted by Crippen LogP contribution is 2.16. The van der Waals surface area contributed by atoms with Crippen LogP contribution in [0.15, 0.2) is 24.3 Å². The Morgan fingerprint density at radius 3 is 2.79 bits per heavy atom. The first-order valence-electron chi connectivity index (χ1n) is 6.98. The van der Waals surface area contributed by atoms with E-state index in [0.717, 1.165) is 31.6 Å². The summed E-state index contributed by atoms with van der Waals surface area (Å²) in [5.41, 5.74) is 2.09. The van der Waals surface area contributed by atoms with Crippen LogP contribution in [0, 0.1) is 5.92 Å². The number of amides is 1. The molecule has 1 aliphatic rings. The van der Waals surface area contributed by atoms with Crippen molar-refractivity contribution in [3.05, 3.63) is 29.8 Å². The van der Waals surface area contributed by atoms with Crippen molar-refractivity contribution in [2.45, 2.75) is 26.3 Å². The maximum atomic E-state index is 11.9. The van der Waals surface area contributed by atoms with E-state index in [2.05, 4.69) is 17.6 Å². The van der Waals surface area contributed by atoms with Crippen LogP contribution in [0.3, 0.4) is 0 Å². The lowest BCUT2D eigenvalue weighted by molar-refractivity contribution is -0.119. The number of carbonyl (C=O) groups excluding carboxylic acids is 1. The maximum Gasteiger partial charge on any atom is 0.229 e. The monoisotopic (exact) mass is 262 g/mol. The lowest BCUT2D eigenvalue weighted by Gasteiger charge is -2.10. The normalized spacial score (nSPS) is 18.5. The molecule has 0 aliphatic carbocycles. The summed E-state index contributed by atoms with van der Waals surface area (Å²) in [4.78, 5) is 11.9. The van der Waals surface area contributed by atoms with Gasteiger partial charge in [-0.3, -0.25) is 4.79 Å². The van der Waals surface area contributed by atoms with Gasteiger partial charge in [-0.15, -0.1) is 0 Å². The molecule has 1 atom stereocenters. The topological polar surface area (TPSA) is 50.4 Å². The van der Waals surface area contributed by atoms with Crippen LogP contribution >= 0.6 is 0 Å². The van der Waals surface area contributed by atoms with E-state index in [9.17, 15) is 4.79 Å². The molecule has 2 rings (SSSR count). The van der Waals surface area contributed by atoms with Crippen LogP contribution in [0.4, 0.5) is 5.69 Å². The first kappa shape index (κ1) is 14.0. The first-order valence-corrected chi connectivity index (χ1v) is 6.98. The molecule has 1 saturated heterocycles. The quantitative estimate of drug-likeness (QED) is 0.772. The molecular weight excluding hydrogens is 240 g/mol. The van der Waals surface area contributed by atoms with Crippen molar-refractivity contribution >= 4 is 11.6 Å². The second-order valence-electron chi connectivity index (χ2n) is 4.92. The van der Waals surface area contributed by atoms with Gasteiger partial charge in [0.25, 0.3) is 0 Å². The Kier molecular flexibility index (Phi) is 5.36. The minimum Gasteiger partial charge on any atom is -0.381 e. The smallest absolute Gasteiger partial charge is 0.229 e. The minimum absolute atomic E-state index is 0.00546. The highest BCUT2D eigenvalue weighted by Gasteiger charge is 2.23. The molecule has 2 N–H and O–H groups in total. The summed E-state index contributed by atoms with van der Waals surface area (Å²) >= 11 is 0. The van der Waals surface area contributed by atoms with E-state index < -0.39 is 0 Å². The molecule has 0 radical (unpaired) electrons. The third kappa shape index (κ3) is 4.33. The van der Waals surface area contributed by atoms with E-state index in [1.165, 1.54) is 5.56 Å². The molecule has 1 aliphatic heterocycles. The number of nitrogens with one attached hydrogen (secondary N) is 2. The Hall–Kier alpha value is -1.39. The fourth-order valence-corrected chi connectivity index (χ4v) is 2.10. The summed E-state index contributed by atoms with van der Waals surface area (Å²) in [6.45, 7) is 5.29. The molecule has 0 aromatic heterocycles.